The van der Waals surface area contributed by atoms with Crippen molar-refractivity contribution in [3.8, 4) is 23.0 Å². The number of unbranched alkanes of at least 4 members (excludes halogenated alkanes) is 1. The minimum atomic E-state index is -0.712. The van der Waals surface area contributed by atoms with Crippen LogP contribution in [0.5, 0.6) is 23.0 Å². The number of allylic oxidation sites excluding steroid dienone is 2. The number of aryl methyl sites for hydroxylation is 2. The summed E-state index contributed by atoms with van der Waals surface area (Å²) >= 11 is 0. The van der Waals surface area contributed by atoms with Gasteiger partial charge in [-0.3, -0.25) is 9.59 Å². The summed E-state index contributed by atoms with van der Waals surface area (Å²) in [5, 5.41) is 0. The number of ether oxygens (including phenoxy) is 4. The number of carbonyl (C=O) groups excluding carboxylic acids is 3. The van der Waals surface area contributed by atoms with Gasteiger partial charge in [-0.2, -0.15) is 0 Å². The van der Waals surface area contributed by atoms with Crippen LogP contribution in [0.3, 0.4) is 0 Å². The van der Waals surface area contributed by atoms with Gasteiger partial charge in [0.15, 0.2) is 28.8 Å². The van der Waals surface area contributed by atoms with Crippen LogP contribution in [-0.2, 0) is 27.2 Å². The molecule has 0 heterocycles. The van der Waals surface area contributed by atoms with Gasteiger partial charge in [-0.05, 0) is 80.1 Å². The van der Waals surface area contributed by atoms with Crippen molar-refractivity contribution in [3.63, 3.8) is 0 Å². The molecule has 2 aromatic carbocycles. The van der Waals surface area contributed by atoms with Crippen LogP contribution in [0.15, 0.2) is 48.6 Å². The Bertz CT molecular complexity index is 1110. The molecule has 0 amide bonds. The summed E-state index contributed by atoms with van der Waals surface area (Å²) in [5.41, 5.74) is 13.3. The third-order valence-corrected chi connectivity index (χ3v) is 5.76. The number of benzene rings is 2. The van der Waals surface area contributed by atoms with Gasteiger partial charge in [0.05, 0.1) is 14.2 Å². The first-order chi connectivity index (χ1) is 18.3. The normalized spacial score (nSPS) is 11.7. The van der Waals surface area contributed by atoms with E-state index in [0.717, 1.165) is 24.0 Å². The van der Waals surface area contributed by atoms with Crippen LogP contribution < -0.4 is 30.4 Å². The van der Waals surface area contributed by atoms with Crippen molar-refractivity contribution in [1.29, 1.82) is 0 Å². The Balaban J connectivity index is 1.83. The molecule has 9 heteroatoms. The second kappa shape index (κ2) is 16.2. The first-order valence-electron chi connectivity index (χ1n) is 12.7. The van der Waals surface area contributed by atoms with E-state index in [9.17, 15) is 14.4 Å². The van der Waals surface area contributed by atoms with Crippen molar-refractivity contribution in [2.24, 2.45) is 11.5 Å². The Morgan fingerprint density at radius 3 is 2.05 bits per heavy atom. The molecule has 0 saturated carbocycles. The SMILES string of the molecule is COc1cc(CCC(=O)/C=C/CCc2ccc(OC(=O)[C@@H](N)CCCCN)c(OC)c2)ccc1OC(C)=O. The monoisotopic (exact) mass is 526 g/mol. The van der Waals surface area contributed by atoms with Crippen LogP contribution >= 0.6 is 0 Å². The highest BCUT2D eigenvalue weighted by Crippen LogP contribution is 2.30. The lowest BCUT2D eigenvalue weighted by atomic mass is 10.1. The molecule has 0 aromatic heterocycles. The van der Waals surface area contributed by atoms with Gasteiger partial charge < -0.3 is 30.4 Å². The zero-order valence-corrected chi connectivity index (χ0v) is 22.4. The number of ketones is 1. The molecule has 206 valence electrons. The van der Waals surface area contributed by atoms with Gasteiger partial charge in [0.1, 0.15) is 6.04 Å². The van der Waals surface area contributed by atoms with Gasteiger partial charge in [-0.25, -0.2) is 4.79 Å². The minimum Gasteiger partial charge on any atom is -0.493 e. The van der Waals surface area contributed by atoms with Gasteiger partial charge in [0.2, 0.25) is 0 Å². The number of hydrogen-bond donors (Lipinski definition) is 2. The average molecular weight is 527 g/mol. The van der Waals surface area contributed by atoms with Crippen LogP contribution in [-0.4, -0.2) is 44.5 Å². The zero-order chi connectivity index (χ0) is 27.9. The van der Waals surface area contributed by atoms with Crippen LogP contribution in [0.2, 0.25) is 0 Å². The minimum absolute atomic E-state index is 0.00988. The molecule has 38 heavy (non-hydrogen) atoms. The summed E-state index contributed by atoms with van der Waals surface area (Å²) in [4.78, 5) is 35.8. The first-order valence-corrected chi connectivity index (χ1v) is 12.7. The van der Waals surface area contributed by atoms with Crippen molar-refractivity contribution >= 4 is 17.7 Å². The van der Waals surface area contributed by atoms with Gasteiger partial charge in [-0.1, -0.05) is 24.6 Å². The Kier molecular flexibility index (Phi) is 13.0. The summed E-state index contributed by atoms with van der Waals surface area (Å²) in [5.74, 6) is 0.633. The van der Waals surface area contributed by atoms with E-state index < -0.39 is 18.0 Å². The molecule has 0 unspecified atom stereocenters. The third kappa shape index (κ3) is 10.4. The van der Waals surface area contributed by atoms with E-state index in [1.807, 2.05) is 24.3 Å². The van der Waals surface area contributed by atoms with Crippen molar-refractivity contribution in [3.05, 3.63) is 59.7 Å². The molecule has 9 nitrogen and oxygen atoms in total. The lowest BCUT2D eigenvalue weighted by molar-refractivity contribution is -0.136. The molecule has 0 aliphatic heterocycles. The summed E-state index contributed by atoms with van der Waals surface area (Å²) in [6.07, 6.45) is 7.73. The van der Waals surface area contributed by atoms with Crippen LogP contribution in [0.1, 0.15) is 50.2 Å². The molecule has 0 bridgehead atoms. The van der Waals surface area contributed by atoms with E-state index in [-0.39, 0.29) is 5.78 Å². The number of rotatable bonds is 16. The molecule has 1 atom stereocenters. The van der Waals surface area contributed by atoms with E-state index in [4.69, 9.17) is 30.4 Å². The predicted molar refractivity (Wildman–Crippen MR) is 145 cm³/mol. The summed E-state index contributed by atoms with van der Waals surface area (Å²) in [7, 11) is 3.01. The van der Waals surface area contributed by atoms with E-state index in [1.165, 1.54) is 21.1 Å². The van der Waals surface area contributed by atoms with Crippen LogP contribution in [0.4, 0.5) is 0 Å². The predicted octanol–water partition coefficient (Wildman–Crippen LogP) is 3.68. The van der Waals surface area contributed by atoms with Crippen molar-refractivity contribution in [1.82, 2.24) is 0 Å². The van der Waals surface area contributed by atoms with E-state index in [1.54, 1.807) is 24.3 Å². The fourth-order valence-corrected chi connectivity index (χ4v) is 3.68. The van der Waals surface area contributed by atoms with Gasteiger partial charge in [0, 0.05) is 13.3 Å². The highest BCUT2D eigenvalue weighted by atomic mass is 16.6. The highest BCUT2D eigenvalue weighted by Gasteiger charge is 2.18. The maximum Gasteiger partial charge on any atom is 0.328 e. The number of methoxy groups -OCH3 is 2. The van der Waals surface area contributed by atoms with Gasteiger partial charge in [-0.15, -0.1) is 0 Å². The van der Waals surface area contributed by atoms with Crippen molar-refractivity contribution in [2.45, 2.75) is 57.9 Å². The third-order valence-electron chi connectivity index (χ3n) is 5.76. The summed E-state index contributed by atoms with van der Waals surface area (Å²) in [6.45, 7) is 1.88. The second-order valence-electron chi connectivity index (χ2n) is 8.78. The molecule has 2 rings (SSSR count). The zero-order valence-electron chi connectivity index (χ0n) is 22.4. The van der Waals surface area contributed by atoms with Crippen LogP contribution in [0, 0.1) is 0 Å². The Morgan fingerprint density at radius 1 is 0.868 bits per heavy atom. The van der Waals surface area contributed by atoms with E-state index in [2.05, 4.69) is 0 Å². The Hall–Kier alpha value is -3.69. The first kappa shape index (κ1) is 30.5. The molecule has 0 spiro atoms. The van der Waals surface area contributed by atoms with E-state index >= 15 is 0 Å². The van der Waals surface area contributed by atoms with Crippen molar-refractivity contribution < 1.29 is 33.3 Å². The topological polar surface area (TPSA) is 140 Å². The second-order valence-corrected chi connectivity index (χ2v) is 8.78. The number of nitrogens with two attached hydrogens (primary N) is 2. The Morgan fingerprint density at radius 2 is 1.47 bits per heavy atom. The molecule has 0 aliphatic rings. The fourth-order valence-electron chi connectivity index (χ4n) is 3.68. The smallest absolute Gasteiger partial charge is 0.328 e. The van der Waals surface area contributed by atoms with Gasteiger partial charge >= 0.3 is 11.9 Å². The number of carbonyl (C=O) groups is 3. The molecular formula is C29H38N2O7. The van der Waals surface area contributed by atoms with Crippen molar-refractivity contribution in [2.75, 3.05) is 20.8 Å². The lowest BCUT2D eigenvalue weighted by Crippen LogP contribution is -2.34. The molecular weight excluding hydrogens is 488 g/mol. The summed E-state index contributed by atoms with van der Waals surface area (Å²) < 4.78 is 21.2. The number of esters is 2. The quantitative estimate of drug-likeness (QED) is 0.145. The maximum atomic E-state index is 12.3. The largest absolute Gasteiger partial charge is 0.493 e. The van der Waals surface area contributed by atoms with Crippen LogP contribution in [0.25, 0.3) is 0 Å². The molecule has 0 aliphatic carbocycles. The summed E-state index contributed by atoms with van der Waals surface area (Å²) in [6, 6.07) is 9.87. The maximum absolute atomic E-state index is 12.3. The fraction of sp³-hybridized carbons (Fsp3) is 0.414. The van der Waals surface area contributed by atoms with Gasteiger partial charge in [0.25, 0.3) is 0 Å². The standard InChI is InChI=1S/C29H38N2O7/c1-20(32)37-25-15-13-22(19-27(25)35-2)11-14-23(33)9-5-4-8-21-12-16-26(28(18-21)36-3)38-29(34)24(31)10-6-7-17-30/h5,9,12-13,15-16,18-19,24H,4,6-8,10-11,14,17,30-31H2,1-3H3/b9-5+/t24-/m0/s1. The van der Waals surface area contributed by atoms with E-state index in [0.29, 0.717) is 61.6 Å². The number of hydrogen-bond acceptors (Lipinski definition) is 9. The lowest BCUT2D eigenvalue weighted by Gasteiger charge is -2.14. The molecule has 0 saturated heterocycles. The average Bonchev–Trinajstić information content (AvgIpc) is 2.90. The molecule has 0 fully saturated rings. The molecule has 4 N–H and O–H groups in total. The molecule has 2 aromatic rings. The molecule has 0 radical (unpaired) electrons. The Labute approximate surface area is 224 Å². The highest BCUT2D eigenvalue weighted by molar-refractivity contribution is 5.89.